The first-order chi connectivity index (χ1) is 10.7. The first-order valence-electron chi connectivity index (χ1n) is 8.38. The van der Waals surface area contributed by atoms with E-state index in [-0.39, 0.29) is 30.8 Å². The molecule has 2 aliphatic heterocycles. The molecule has 4 unspecified atom stereocenters. The molecule has 2 aliphatic rings. The quantitative estimate of drug-likeness (QED) is 0.538. The Hall–Kier alpha value is -1.05. The summed E-state index contributed by atoms with van der Waals surface area (Å²) in [4.78, 5) is 36.4. The van der Waals surface area contributed by atoms with Crippen molar-refractivity contribution in [3.8, 4) is 0 Å². The van der Waals surface area contributed by atoms with Crippen LogP contribution in [0.2, 0.25) is 19.6 Å². The van der Waals surface area contributed by atoms with Crippen LogP contribution in [0, 0.1) is 5.92 Å². The van der Waals surface area contributed by atoms with Crippen LogP contribution in [0.1, 0.15) is 47.0 Å². The van der Waals surface area contributed by atoms with Crippen LogP contribution >= 0.6 is 0 Å². The van der Waals surface area contributed by atoms with Gasteiger partial charge in [0.15, 0.2) is 19.5 Å². The van der Waals surface area contributed by atoms with Gasteiger partial charge in [0.1, 0.15) is 11.6 Å². The number of cyclic esters (lactones) is 1. The normalized spacial score (nSPS) is 38.8. The van der Waals surface area contributed by atoms with Gasteiger partial charge in [-0.2, -0.15) is 0 Å². The summed E-state index contributed by atoms with van der Waals surface area (Å²) < 4.78 is 18.4. The Kier molecular flexibility index (Phi) is 4.61. The zero-order valence-corrected chi connectivity index (χ0v) is 16.6. The molecule has 2 saturated heterocycles. The van der Waals surface area contributed by atoms with Gasteiger partial charge in [0, 0.05) is 12.8 Å². The second-order valence-corrected chi connectivity index (χ2v) is 12.8. The van der Waals surface area contributed by atoms with Crippen molar-refractivity contribution in [3.63, 3.8) is 0 Å². The maximum atomic E-state index is 12.5. The summed E-state index contributed by atoms with van der Waals surface area (Å²) in [6, 6.07) is 0. The van der Waals surface area contributed by atoms with Gasteiger partial charge in [-0.05, 0) is 53.8 Å². The summed E-state index contributed by atoms with van der Waals surface area (Å²) in [5, 5.41) is 0. The lowest BCUT2D eigenvalue weighted by molar-refractivity contribution is -0.335. The maximum absolute atomic E-state index is 12.5. The van der Waals surface area contributed by atoms with E-state index in [1.54, 1.807) is 13.8 Å². The number of Topliss-reactive ketones (excluding diaryl/α,β-unsaturated/α-hetero) is 2. The van der Waals surface area contributed by atoms with Crippen LogP contribution < -0.4 is 0 Å². The summed E-state index contributed by atoms with van der Waals surface area (Å²) in [5.41, 5.74) is -2.37. The second kappa shape index (κ2) is 5.74. The lowest BCUT2D eigenvalue weighted by Crippen LogP contribution is -2.68. The SMILES string of the molecule is CC(=O)CCC1(C)OC(=O)C2(C)CC(C(C)=O)C1(O[Si](C)(C)C)O2. The van der Waals surface area contributed by atoms with Gasteiger partial charge in [-0.25, -0.2) is 4.79 Å². The molecule has 7 heteroatoms. The molecule has 2 bridgehead atoms. The van der Waals surface area contributed by atoms with E-state index >= 15 is 0 Å². The van der Waals surface area contributed by atoms with Gasteiger partial charge < -0.3 is 18.7 Å². The van der Waals surface area contributed by atoms with Gasteiger partial charge in [-0.3, -0.25) is 4.79 Å². The smallest absolute Gasteiger partial charge is 0.339 e. The van der Waals surface area contributed by atoms with E-state index in [0.717, 1.165) is 0 Å². The van der Waals surface area contributed by atoms with E-state index in [2.05, 4.69) is 0 Å². The number of ether oxygens (including phenoxy) is 2. The summed E-state index contributed by atoms with van der Waals surface area (Å²) in [6.07, 6.45) is 0.727. The molecule has 136 valence electrons. The van der Waals surface area contributed by atoms with Crippen LogP contribution in [-0.2, 0) is 28.3 Å². The Morgan fingerprint density at radius 2 is 1.83 bits per heavy atom. The largest absolute Gasteiger partial charge is 0.451 e. The van der Waals surface area contributed by atoms with E-state index in [0.29, 0.717) is 0 Å². The zero-order valence-electron chi connectivity index (χ0n) is 15.6. The number of carbonyl (C=O) groups excluding carboxylic acids is 3. The molecule has 0 N–H and O–H groups in total. The number of hydrogen-bond acceptors (Lipinski definition) is 6. The van der Waals surface area contributed by atoms with Gasteiger partial charge >= 0.3 is 5.97 Å². The number of rotatable bonds is 6. The minimum atomic E-state index is -2.15. The van der Waals surface area contributed by atoms with Crippen molar-refractivity contribution < 1.29 is 28.3 Å². The van der Waals surface area contributed by atoms with Crippen LogP contribution in [0.15, 0.2) is 0 Å². The summed E-state index contributed by atoms with van der Waals surface area (Å²) in [7, 11) is -2.15. The van der Waals surface area contributed by atoms with Crippen molar-refractivity contribution in [1.29, 1.82) is 0 Å². The third-order valence-electron chi connectivity index (χ3n) is 4.82. The van der Waals surface area contributed by atoms with Gasteiger partial charge in [-0.1, -0.05) is 0 Å². The van der Waals surface area contributed by atoms with Gasteiger partial charge in [0.25, 0.3) is 0 Å². The van der Waals surface area contributed by atoms with Gasteiger partial charge in [-0.15, -0.1) is 0 Å². The van der Waals surface area contributed by atoms with Crippen molar-refractivity contribution in [3.05, 3.63) is 0 Å². The van der Waals surface area contributed by atoms with Gasteiger partial charge in [0.2, 0.25) is 5.79 Å². The van der Waals surface area contributed by atoms with Crippen LogP contribution in [0.5, 0.6) is 0 Å². The lowest BCUT2D eigenvalue weighted by atomic mass is 9.79. The highest BCUT2D eigenvalue weighted by atomic mass is 28.4. The predicted molar refractivity (Wildman–Crippen MR) is 89.9 cm³/mol. The molecule has 2 heterocycles. The Balaban J connectivity index is 2.57. The second-order valence-electron chi connectivity index (χ2n) is 8.40. The molecule has 0 spiro atoms. The molecule has 0 aliphatic carbocycles. The van der Waals surface area contributed by atoms with Crippen LogP contribution in [0.25, 0.3) is 0 Å². The monoisotopic (exact) mass is 356 g/mol. The fourth-order valence-corrected chi connectivity index (χ4v) is 4.97. The highest BCUT2D eigenvalue weighted by Gasteiger charge is 2.73. The fraction of sp³-hybridized carbons (Fsp3) is 0.824. The molecule has 24 heavy (non-hydrogen) atoms. The maximum Gasteiger partial charge on any atom is 0.339 e. The van der Waals surface area contributed by atoms with E-state index in [9.17, 15) is 14.4 Å². The number of esters is 1. The molecule has 2 rings (SSSR count). The van der Waals surface area contributed by atoms with E-state index in [1.165, 1.54) is 13.8 Å². The molecule has 0 saturated carbocycles. The average Bonchev–Trinajstić information content (AvgIpc) is 2.67. The minimum Gasteiger partial charge on any atom is -0.451 e. The standard InChI is InChI=1S/C17H28O6Si/c1-11(18)8-9-16(4)17(23-24(5,6)7)13(12(2)19)10-15(3,22-17)14(20)21-16/h13H,8-10H2,1-7H3. The van der Waals surface area contributed by atoms with Crippen LogP contribution in [0.4, 0.5) is 0 Å². The van der Waals surface area contributed by atoms with Crippen molar-refractivity contribution >= 4 is 25.9 Å². The third-order valence-corrected chi connectivity index (χ3v) is 5.73. The summed E-state index contributed by atoms with van der Waals surface area (Å²) in [6.45, 7) is 12.3. The molecular weight excluding hydrogens is 328 g/mol. The molecule has 0 aromatic heterocycles. The topological polar surface area (TPSA) is 78.9 Å². The fourth-order valence-electron chi connectivity index (χ4n) is 3.66. The van der Waals surface area contributed by atoms with Crippen molar-refractivity contribution in [2.75, 3.05) is 0 Å². The molecule has 0 aromatic carbocycles. The van der Waals surface area contributed by atoms with Crippen LogP contribution in [-0.4, -0.2) is 42.8 Å². The first-order valence-corrected chi connectivity index (χ1v) is 11.8. The Labute approximate surface area is 144 Å². The Bertz CT molecular complexity index is 582. The van der Waals surface area contributed by atoms with Crippen LogP contribution in [0.3, 0.4) is 0 Å². The number of carbonyl (C=O) groups is 3. The molecule has 0 radical (unpaired) electrons. The number of ketones is 2. The molecular formula is C17H28O6Si. The highest BCUT2D eigenvalue weighted by molar-refractivity contribution is 6.69. The van der Waals surface area contributed by atoms with Crippen molar-refractivity contribution in [1.82, 2.24) is 0 Å². The molecule has 6 nitrogen and oxygen atoms in total. The molecule has 0 aromatic rings. The van der Waals surface area contributed by atoms with E-state index < -0.39 is 37.2 Å². The average molecular weight is 356 g/mol. The number of hydrogen-bond donors (Lipinski definition) is 0. The van der Waals surface area contributed by atoms with E-state index in [1.807, 2.05) is 19.6 Å². The lowest BCUT2D eigenvalue weighted by Gasteiger charge is -2.53. The van der Waals surface area contributed by atoms with Crippen molar-refractivity contribution in [2.24, 2.45) is 5.92 Å². The highest BCUT2D eigenvalue weighted by Crippen LogP contribution is 2.57. The summed E-state index contributed by atoms with van der Waals surface area (Å²) in [5.74, 6) is -2.53. The Morgan fingerprint density at radius 3 is 2.29 bits per heavy atom. The van der Waals surface area contributed by atoms with Crippen molar-refractivity contribution in [2.45, 2.75) is 83.6 Å². The number of fused-ring (bicyclic) bond motifs is 2. The zero-order chi connectivity index (χ0) is 18.6. The first kappa shape index (κ1) is 19.3. The molecule has 0 amide bonds. The summed E-state index contributed by atoms with van der Waals surface area (Å²) >= 11 is 0. The van der Waals surface area contributed by atoms with E-state index in [4.69, 9.17) is 13.9 Å². The third kappa shape index (κ3) is 3.09. The molecule has 4 atom stereocenters. The van der Waals surface area contributed by atoms with Gasteiger partial charge in [0.05, 0.1) is 5.92 Å². The Morgan fingerprint density at radius 1 is 1.25 bits per heavy atom. The molecule has 2 fully saturated rings. The predicted octanol–water partition coefficient (Wildman–Crippen LogP) is 2.60. The minimum absolute atomic E-state index is 0.0128.